The molecule has 0 atom stereocenters. The molecule has 1 aromatic carbocycles. The van der Waals surface area contributed by atoms with Crippen LogP contribution in [0.3, 0.4) is 0 Å². The van der Waals surface area contributed by atoms with E-state index in [2.05, 4.69) is 0 Å². The Balaban J connectivity index is 3.20. The molecule has 5 heteroatoms. The van der Waals surface area contributed by atoms with Crippen LogP contribution in [0.1, 0.15) is 41.0 Å². The van der Waals surface area contributed by atoms with E-state index in [4.69, 9.17) is 21.1 Å². The van der Waals surface area contributed by atoms with Gasteiger partial charge in [0.2, 0.25) is 0 Å². The van der Waals surface area contributed by atoms with E-state index in [9.17, 15) is 9.59 Å². The van der Waals surface area contributed by atoms with Gasteiger partial charge in [0.05, 0.1) is 18.8 Å². The number of Topliss-reactive ketones (excluding diaryl/α,β-unsaturated/α-hetero) is 1. The number of hydrogen-bond donors (Lipinski definition) is 0. The lowest BCUT2D eigenvalue weighted by atomic mass is 10.0. The second-order valence-electron chi connectivity index (χ2n) is 3.70. The maximum absolute atomic E-state index is 12.0. The van der Waals surface area contributed by atoms with Crippen molar-refractivity contribution in [1.82, 2.24) is 0 Å². The van der Waals surface area contributed by atoms with E-state index in [0.29, 0.717) is 12.2 Å². The number of carbonyl (C=O) groups is 2. The summed E-state index contributed by atoms with van der Waals surface area (Å²) in [4.78, 5) is 23.8. The molecule has 0 saturated carbocycles. The first-order chi connectivity index (χ1) is 9.15. The molecule has 1 rings (SSSR count). The molecule has 0 spiro atoms. The maximum Gasteiger partial charge on any atom is 0.341 e. The smallest absolute Gasteiger partial charge is 0.341 e. The molecule has 0 aliphatic carbocycles. The summed E-state index contributed by atoms with van der Waals surface area (Å²) in [7, 11) is 0. The average molecular weight is 285 g/mol. The van der Waals surface area contributed by atoms with Gasteiger partial charge in [0.25, 0.3) is 0 Å². The predicted octanol–water partition coefficient (Wildman–Crippen LogP) is 3.07. The molecule has 104 valence electrons. The molecule has 0 radical (unpaired) electrons. The van der Waals surface area contributed by atoms with E-state index in [-0.39, 0.29) is 36.0 Å². The monoisotopic (exact) mass is 284 g/mol. The topological polar surface area (TPSA) is 52.6 Å². The van der Waals surface area contributed by atoms with Gasteiger partial charge >= 0.3 is 5.97 Å². The minimum atomic E-state index is -0.494. The molecule has 0 aromatic heterocycles. The van der Waals surface area contributed by atoms with Crippen molar-refractivity contribution < 1.29 is 19.1 Å². The van der Waals surface area contributed by atoms with Crippen molar-refractivity contribution in [3.8, 4) is 5.75 Å². The molecule has 19 heavy (non-hydrogen) atoms. The van der Waals surface area contributed by atoms with Crippen molar-refractivity contribution in [1.29, 1.82) is 0 Å². The number of esters is 1. The molecule has 0 saturated heterocycles. The van der Waals surface area contributed by atoms with Crippen molar-refractivity contribution in [2.75, 3.05) is 19.1 Å². The third-order valence-corrected chi connectivity index (χ3v) is 2.61. The van der Waals surface area contributed by atoms with Gasteiger partial charge in [-0.15, -0.1) is 11.6 Å². The van der Waals surface area contributed by atoms with E-state index >= 15 is 0 Å². The summed E-state index contributed by atoms with van der Waals surface area (Å²) in [5.41, 5.74) is 0.636. The van der Waals surface area contributed by atoms with Crippen molar-refractivity contribution in [3.05, 3.63) is 29.3 Å². The Morgan fingerprint density at radius 2 is 1.84 bits per heavy atom. The van der Waals surface area contributed by atoms with Gasteiger partial charge in [-0.05, 0) is 26.0 Å². The standard InChI is InChI=1S/C14H17ClO4/c1-3-18-13-10(12(16)8-9-15)6-5-7-11(13)14(17)19-4-2/h5-7H,3-4,8-9H2,1-2H3. The number of carbonyl (C=O) groups excluding carboxylic acids is 2. The molecule has 0 bridgehead atoms. The lowest BCUT2D eigenvalue weighted by Gasteiger charge is -2.13. The van der Waals surface area contributed by atoms with Crippen LogP contribution in [0.2, 0.25) is 0 Å². The molecule has 0 amide bonds. The Hall–Kier alpha value is -1.55. The fourth-order valence-corrected chi connectivity index (χ4v) is 1.82. The SMILES string of the molecule is CCOC(=O)c1cccc(C(=O)CCCl)c1OCC. The first-order valence-corrected chi connectivity index (χ1v) is 6.71. The highest BCUT2D eigenvalue weighted by Gasteiger charge is 2.20. The van der Waals surface area contributed by atoms with Gasteiger partial charge in [0, 0.05) is 12.3 Å². The molecule has 0 fully saturated rings. The Kier molecular flexibility index (Phi) is 6.36. The minimum absolute atomic E-state index is 0.149. The van der Waals surface area contributed by atoms with Crippen LogP contribution in [-0.4, -0.2) is 30.8 Å². The Morgan fingerprint density at radius 3 is 2.42 bits per heavy atom. The number of ketones is 1. The average Bonchev–Trinajstić information content (AvgIpc) is 2.39. The van der Waals surface area contributed by atoms with Crippen LogP contribution in [0.5, 0.6) is 5.75 Å². The largest absolute Gasteiger partial charge is 0.492 e. The number of rotatable bonds is 7. The van der Waals surface area contributed by atoms with Gasteiger partial charge in [-0.3, -0.25) is 4.79 Å². The summed E-state index contributed by atoms with van der Waals surface area (Å²) in [5, 5.41) is 0. The third-order valence-electron chi connectivity index (χ3n) is 2.42. The zero-order chi connectivity index (χ0) is 14.3. The lowest BCUT2D eigenvalue weighted by molar-refractivity contribution is 0.0522. The number of benzene rings is 1. The second-order valence-corrected chi connectivity index (χ2v) is 4.08. The summed E-state index contributed by atoms with van der Waals surface area (Å²) in [6.07, 6.45) is 0.202. The van der Waals surface area contributed by atoms with Crippen LogP contribution in [0, 0.1) is 0 Å². The Labute approximate surface area is 117 Å². The Morgan fingerprint density at radius 1 is 1.16 bits per heavy atom. The molecule has 0 heterocycles. The summed E-state index contributed by atoms with van der Waals surface area (Å²) < 4.78 is 10.4. The molecule has 0 N–H and O–H groups in total. The molecule has 1 aromatic rings. The maximum atomic E-state index is 12.0. The lowest BCUT2D eigenvalue weighted by Crippen LogP contribution is -2.12. The van der Waals surface area contributed by atoms with Crippen molar-refractivity contribution >= 4 is 23.4 Å². The van der Waals surface area contributed by atoms with Gasteiger partial charge in [0.15, 0.2) is 5.78 Å². The van der Waals surface area contributed by atoms with E-state index in [0.717, 1.165) is 0 Å². The molecule has 0 aliphatic heterocycles. The Bertz CT molecular complexity index is 421. The normalized spacial score (nSPS) is 10.1. The zero-order valence-corrected chi connectivity index (χ0v) is 11.8. The van der Waals surface area contributed by atoms with Gasteiger partial charge in [-0.1, -0.05) is 6.07 Å². The number of hydrogen-bond acceptors (Lipinski definition) is 4. The minimum Gasteiger partial charge on any atom is -0.492 e. The van der Waals surface area contributed by atoms with Crippen molar-refractivity contribution in [2.45, 2.75) is 20.3 Å². The van der Waals surface area contributed by atoms with Crippen LogP contribution < -0.4 is 4.74 Å². The highest BCUT2D eigenvalue weighted by molar-refractivity contribution is 6.19. The quantitative estimate of drug-likeness (QED) is 0.439. The molecule has 0 aliphatic rings. The van der Waals surface area contributed by atoms with Gasteiger partial charge in [0.1, 0.15) is 11.3 Å². The van der Waals surface area contributed by atoms with Crippen LogP contribution in [-0.2, 0) is 4.74 Å². The highest BCUT2D eigenvalue weighted by Crippen LogP contribution is 2.26. The molecular weight excluding hydrogens is 268 g/mol. The predicted molar refractivity (Wildman–Crippen MR) is 73.2 cm³/mol. The van der Waals surface area contributed by atoms with E-state index in [1.807, 2.05) is 0 Å². The van der Waals surface area contributed by atoms with Gasteiger partial charge in [-0.25, -0.2) is 4.79 Å². The fourth-order valence-electron chi connectivity index (χ4n) is 1.65. The number of para-hydroxylation sites is 1. The number of alkyl halides is 1. The van der Waals surface area contributed by atoms with E-state index in [1.54, 1.807) is 32.0 Å². The first kappa shape index (κ1) is 15.5. The summed E-state index contributed by atoms with van der Waals surface area (Å²) in [6.45, 7) is 4.14. The molecular formula is C14H17ClO4. The van der Waals surface area contributed by atoms with Crippen molar-refractivity contribution in [3.63, 3.8) is 0 Å². The second kappa shape index (κ2) is 7.79. The number of halogens is 1. The van der Waals surface area contributed by atoms with Crippen LogP contribution >= 0.6 is 11.6 Å². The van der Waals surface area contributed by atoms with E-state index < -0.39 is 5.97 Å². The summed E-state index contributed by atoms with van der Waals surface area (Å²) in [6, 6.07) is 4.85. The molecule has 4 nitrogen and oxygen atoms in total. The highest BCUT2D eigenvalue weighted by atomic mass is 35.5. The summed E-state index contributed by atoms with van der Waals surface area (Å²) in [5.74, 6) is -0.136. The van der Waals surface area contributed by atoms with Gasteiger partial charge in [-0.2, -0.15) is 0 Å². The van der Waals surface area contributed by atoms with E-state index in [1.165, 1.54) is 0 Å². The molecule has 0 unspecified atom stereocenters. The van der Waals surface area contributed by atoms with Crippen LogP contribution in [0.25, 0.3) is 0 Å². The summed E-state index contributed by atoms with van der Waals surface area (Å²) >= 11 is 5.57. The first-order valence-electron chi connectivity index (χ1n) is 6.17. The number of ether oxygens (including phenoxy) is 2. The zero-order valence-electron chi connectivity index (χ0n) is 11.1. The third kappa shape index (κ3) is 3.96. The fraction of sp³-hybridized carbons (Fsp3) is 0.429. The van der Waals surface area contributed by atoms with Crippen LogP contribution in [0.15, 0.2) is 18.2 Å². The van der Waals surface area contributed by atoms with Crippen LogP contribution in [0.4, 0.5) is 0 Å². The van der Waals surface area contributed by atoms with Gasteiger partial charge < -0.3 is 9.47 Å². The van der Waals surface area contributed by atoms with Crippen molar-refractivity contribution in [2.24, 2.45) is 0 Å².